The van der Waals surface area contributed by atoms with Gasteiger partial charge in [-0.05, 0) is 12.5 Å². The number of hydrogen-bond donors (Lipinski definition) is 2. The summed E-state index contributed by atoms with van der Waals surface area (Å²) in [5, 5.41) is 5.27. The Bertz CT molecular complexity index is 192. The highest BCUT2D eigenvalue weighted by Gasteiger charge is 2.29. The Morgan fingerprint density at radius 2 is 2.21 bits per heavy atom. The van der Waals surface area contributed by atoms with Gasteiger partial charge in [0.15, 0.2) is 0 Å². The van der Waals surface area contributed by atoms with Gasteiger partial charge in [-0.1, -0.05) is 6.92 Å². The van der Waals surface area contributed by atoms with Crippen LogP contribution >= 0.6 is 12.4 Å². The van der Waals surface area contributed by atoms with Gasteiger partial charge in [-0.2, -0.15) is 0 Å². The summed E-state index contributed by atoms with van der Waals surface area (Å²) in [5.74, 6) is -0.186. The lowest BCUT2D eigenvalue weighted by molar-refractivity contribution is -0.126. The number of carbonyl (C=O) groups excluding carboxylic acids is 1. The molecule has 0 saturated carbocycles. The van der Waals surface area contributed by atoms with Crippen LogP contribution < -0.4 is 10.6 Å². The zero-order valence-corrected chi connectivity index (χ0v) is 8.74. The number of amides is 1. The smallest absolute Gasteiger partial charge is 0.255 e. The maximum Gasteiger partial charge on any atom is 0.255 e. The van der Waals surface area contributed by atoms with Gasteiger partial charge < -0.3 is 10.6 Å². The quantitative estimate of drug-likeness (QED) is 0.745. The van der Waals surface area contributed by atoms with Crippen molar-refractivity contribution < 1.29 is 13.6 Å². The molecule has 0 aromatic carbocycles. The predicted molar refractivity (Wildman–Crippen MR) is 51.8 cm³/mol. The highest BCUT2D eigenvalue weighted by molar-refractivity contribution is 5.85. The molecule has 1 heterocycles. The molecule has 0 aromatic heterocycles. The van der Waals surface area contributed by atoms with Crippen LogP contribution in [0.5, 0.6) is 0 Å². The van der Waals surface area contributed by atoms with Crippen LogP contribution in [-0.4, -0.2) is 32.0 Å². The summed E-state index contributed by atoms with van der Waals surface area (Å²) in [6, 6.07) is 0. The lowest BCUT2D eigenvalue weighted by Gasteiger charge is -2.13. The molecule has 0 aliphatic carbocycles. The first-order chi connectivity index (χ1) is 6.11. The first-order valence-corrected chi connectivity index (χ1v) is 4.38. The van der Waals surface area contributed by atoms with E-state index in [2.05, 4.69) is 10.6 Å². The van der Waals surface area contributed by atoms with E-state index >= 15 is 0 Å². The van der Waals surface area contributed by atoms with Gasteiger partial charge in [0.25, 0.3) is 6.43 Å². The van der Waals surface area contributed by atoms with Gasteiger partial charge in [-0.15, -0.1) is 12.4 Å². The molecule has 2 atom stereocenters. The Morgan fingerprint density at radius 3 is 2.64 bits per heavy atom. The van der Waals surface area contributed by atoms with Crippen molar-refractivity contribution in [3.8, 4) is 0 Å². The lowest BCUT2D eigenvalue weighted by Crippen LogP contribution is -2.36. The second-order valence-electron chi connectivity index (χ2n) is 3.38. The van der Waals surface area contributed by atoms with Crippen molar-refractivity contribution in [1.82, 2.24) is 10.6 Å². The highest BCUT2D eigenvalue weighted by Crippen LogP contribution is 2.15. The van der Waals surface area contributed by atoms with E-state index in [4.69, 9.17) is 0 Å². The number of alkyl halides is 2. The van der Waals surface area contributed by atoms with Crippen molar-refractivity contribution in [3.63, 3.8) is 0 Å². The molecular formula is C8H15ClF2N2O. The van der Waals surface area contributed by atoms with Gasteiger partial charge in [-0.3, -0.25) is 4.79 Å². The first-order valence-electron chi connectivity index (χ1n) is 4.38. The average Bonchev–Trinajstić information content (AvgIpc) is 2.47. The van der Waals surface area contributed by atoms with Gasteiger partial charge in [0.2, 0.25) is 5.91 Å². The fourth-order valence-corrected chi connectivity index (χ4v) is 1.47. The van der Waals surface area contributed by atoms with E-state index in [1.54, 1.807) is 0 Å². The molecule has 2 N–H and O–H groups in total. The third kappa shape index (κ3) is 3.75. The summed E-state index contributed by atoms with van der Waals surface area (Å²) in [6.45, 7) is 2.78. The molecule has 0 bridgehead atoms. The molecule has 1 aliphatic heterocycles. The number of rotatable bonds is 3. The second-order valence-corrected chi connectivity index (χ2v) is 3.38. The Kier molecular flexibility index (Phi) is 5.95. The van der Waals surface area contributed by atoms with E-state index in [1.165, 1.54) is 0 Å². The highest BCUT2D eigenvalue weighted by atomic mass is 35.5. The topological polar surface area (TPSA) is 41.1 Å². The third-order valence-corrected chi connectivity index (χ3v) is 2.28. The molecule has 1 saturated heterocycles. The molecule has 6 heteroatoms. The van der Waals surface area contributed by atoms with Gasteiger partial charge in [-0.25, -0.2) is 8.78 Å². The number of nitrogens with one attached hydrogen (secondary N) is 2. The Morgan fingerprint density at radius 1 is 1.57 bits per heavy atom. The monoisotopic (exact) mass is 228 g/mol. The van der Waals surface area contributed by atoms with Crippen LogP contribution in [0.25, 0.3) is 0 Å². The van der Waals surface area contributed by atoms with Crippen LogP contribution in [0.1, 0.15) is 6.92 Å². The Labute approximate surface area is 88.0 Å². The molecule has 1 amide bonds. The number of hydrogen-bond acceptors (Lipinski definition) is 2. The van der Waals surface area contributed by atoms with Crippen LogP contribution in [0.15, 0.2) is 0 Å². The molecule has 0 unspecified atom stereocenters. The van der Waals surface area contributed by atoms with Crippen molar-refractivity contribution >= 4 is 18.3 Å². The normalized spacial score (nSPS) is 26.0. The van der Waals surface area contributed by atoms with E-state index in [9.17, 15) is 13.6 Å². The zero-order valence-electron chi connectivity index (χ0n) is 7.93. The first kappa shape index (κ1) is 13.6. The van der Waals surface area contributed by atoms with E-state index in [0.29, 0.717) is 6.54 Å². The summed E-state index contributed by atoms with van der Waals surface area (Å²) in [7, 11) is 0. The van der Waals surface area contributed by atoms with Gasteiger partial charge in [0.1, 0.15) is 0 Å². The maximum atomic E-state index is 11.7. The van der Waals surface area contributed by atoms with E-state index in [-0.39, 0.29) is 30.2 Å². The van der Waals surface area contributed by atoms with Crippen molar-refractivity contribution in [2.45, 2.75) is 13.3 Å². The van der Waals surface area contributed by atoms with Crippen molar-refractivity contribution in [3.05, 3.63) is 0 Å². The van der Waals surface area contributed by atoms with Crippen LogP contribution in [0.3, 0.4) is 0 Å². The fourth-order valence-electron chi connectivity index (χ4n) is 1.47. The maximum absolute atomic E-state index is 11.7. The van der Waals surface area contributed by atoms with Gasteiger partial charge in [0.05, 0.1) is 12.5 Å². The number of carbonyl (C=O) groups is 1. The largest absolute Gasteiger partial charge is 0.350 e. The van der Waals surface area contributed by atoms with Crippen LogP contribution in [0, 0.1) is 11.8 Å². The molecular weight excluding hydrogens is 214 g/mol. The van der Waals surface area contributed by atoms with Gasteiger partial charge in [0, 0.05) is 6.54 Å². The molecule has 84 valence electrons. The summed E-state index contributed by atoms with van der Waals surface area (Å²) in [5.41, 5.74) is 0. The van der Waals surface area contributed by atoms with Crippen molar-refractivity contribution in [1.29, 1.82) is 0 Å². The van der Waals surface area contributed by atoms with Crippen LogP contribution in [0.4, 0.5) is 8.78 Å². The summed E-state index contributed by atoms with van der Waals surface area (Å²) in [6.07, 6.45) is -2.46. The molecule has 0 spiro atoms. The average molecular weight is 229 g/mol. The van der Waals surface area contributed by atoms with Gasteiger partial charge >= 0.3 is 0 Å². The molecule has 14 heavy (non-hydrogen) atoms. The molecule has 1 aliphatic rings. The van der Waals surface area contributed by atoms with E-state index in [0.717, 1.165) is 6.54 Å². The second kappa shape index (κ2) is 6.14. The predicted octanol–water partition coefficient (Wildman–Crippen LogP) is 0.645. The van der Waals surface area contributed by atoms with Crippen molar-refractivity contribution in [2.24, 2.45) is 11.8 Å². The summed E-state index contributed by atoms with van der Waals surface area (Å²) >= 11 is 0. The lowest BCUT2D eigenvalue weighted by atomic mass is 9.97. The molecule has 1 fully saturated rings. The molecule has 0 aromatic rings. The minimum Gasteiger partial charge on any atom is -0.350 e. The summed E-state index contributed by atoms with van der Waals surface area (Å²) < 4.78 is 23.5. The standard InChI is InChI=1S/C8H14F2N2O.ClH/c1-5-2-11-3-6(5)8(13)12-4-7(9)10;/h5-7,11H,2-4H2,1H3,(H,12,13);1H/t5-,6-;/m1./s1. The Balaban J connectivity index is 0.00000169. The van der Waals surface area contributed by atoms with E-state index in [1.807, 2.05) is 6.92 Å². The molecule has 0 radical (unpaired) electrons. The van der Waals surface area contributed by atoms with Crippen LogP contribution in [-0.2, 0) is 4.79 Å². The molecule has 3 nitrogen and oxygen atoms in total. The minimum absolute atomic E-state index is 0. The van der Waals surface area contributed by atoms with Crippen molar-refractivity contribution in [2.75, 3.05) is 19.6 Å². The van der Waals surface area contributed by atoms with Crippen LogP contribution in [0.2, 0.25) is 0 Å². The van der Waals surface area contributed by atoms with E-state index < -0.39 is 13.0 Å². The Hall–Kier alpha value is -0.420. The zero-order chi connectivity index (χ0) is 9.84. The minimum atomic E-state index is -2.46. The summed E-state index contributed by atoms with van der Waals surface area (Å²) in [4.78, 5) is 11.3. The SMILES string of the molecule is C[C@@H]1CNC[C@H]1C(=O)NCC(F)F.Cl. The number of halogens is 3. The fraction of sp³-hybridized carbons (Fsp3) is 0.875. The third-order valence-electron chi connectivity index (χ3n) is 2.28. The molecule has 1 rings (SSSR count).